The number of aliphatic imine (C=N–C) groups is 1. The van der Waals surface area contributed by atoms with Crippen molar-refractivity contribution in [2.45, 2.75) is 52.0 Å². The van der Waals surface area contributed by atoms with Crippen molar-refractivity contribution in [2.75, 3.05) is 13.2 Å². The van der Waals surface area contributed by atoms with Gasteiger partial charge in [-0.2, -0.15) is 0 Å². The molecule has 3 aromatic rings. The predicted octanol–water partition coefficient (Wildman–Crippen LogP) is 7.36. The lowest BCUT2D eigenvalue weighted by atomic mass is 10.1. The molecule has 200 valence electrons. The number of hydrogen-bond acceptors (Lipinski definition) is 6. The van der Waals surface area contributed by atoms with Crippen molar-refractivity contribution in [2.24, 2.45) is 4.99 Å². The number of rotatable bonds is 9. The van der Waals surface area contributed by atoms with Crippen molar-refractivity contribution in [3.05, 3.63) is 95.6 Å². The van der Waals surface area contributed by atoms with Crippen LogP contribution in [0.25, 0.3) is 11.1 Å². The maximum Gasteiger partial charge on any atom is 0.408 e. The van der Waals surface area contributed by atoms with Gasteiger partial charge in [-0.05, 0) is 51.3 Å². The van der Waals surface area contributed by atoms with Gasteiger partial charge in [0, 0.05) is 11.1 Å². The Morgan fingerprint density at radius 2 is 1.29 bits per heavy atom. The number of benzene rings is 3. The minimum absolute atomic E-state index is 0.153. The van der Waals surface area contributed by atoms with Crippen LogP contribution in [0.5, 0.6) is 0 Å². The summed E-state index contributed by atoms with van der Waals surface area (Å²) in [4.78, 5) is 18.2. The Hall–Kier alpha value is -3.25. The summed E-state index contributed by atoms with van der Waals surface area (Å²) >= 11 is 0. The van der Waals surface area contributed by atoms with Crippen LogP contribution in [0.15, 0.2) is 83.9 Å². The van der Waals surface area contributed by atoms with Crippen molar-refractivity contribution in [3.8, 4) is 11.1 Å². The summed E-state index contributed by atoms with van der Waals surface area (Å²) < 4.78 is 31.7. The summed E-state index contributed by atoms with van der Waals surface area (Å²) in [5.74, 6) is -1.09. The highest BCUT2D eigenvalue weighted by Gasteiger charge is 2.44. The molecule has 8 heteroatoms. The topological polar surface area (TPSA) is 86.2 Å². The highest BCUT2D eigenvalue weighted by molar-refractivity contribution is 7.54. The van der Waals surface area contributed by atoms with Crippen molar-refractivity contribution >= 4 is 19.4 Å². The molecule has 0 saturated heterocycles. The minimum atomic E-state index is -3.89. The number of carbonyl (C=O) groups excluding carboxylic acids is 1. The molecule has 0 spiro atoms. The van der Waals surface area contributed by atoms with E-state index in [4.69, 9.17) is 18.8 Å². The highest BCUT2D eigenvalue weighted by atomic mass is 31.2. The molecule has 3 aromatic carbocycles. The average molecular weight is 535 g/mol. The van der Waals surface area contributed by atoms with E-state index < -0.39 is 31.1 Å². The summed E-state index contributed by atoms with van der Waals surface area (Å²) in [5, 5.41) is 2.93. The molecule has 1 aliphatic rings. The van der Waals surface area contributed by atoms with Gasteiger partial charge in [0.15, 0.2) is 5.78 Å². The van der Waals surface area contributed by atoms with Crippen molar-refractivity contribution in [1.29, 1.82) is 0 Å². The molecule has 0 aromatic heterocycles. The Bertz CT molecular complexity index is 1290. The van der Waals surface area contributed by atoms with Crippen LogP contribution >= 0.6 is 7.60 Å². The largest absolute Gasteiger partial charge is 0.444 e. The number of hydrogen-bond donors (Lipinski definition) is 1. The Balaban J connectivity index is 1.93. The Kier molecular flexibility index (Phi) is 8.51. The lowest BCUT2D eigenvalue weighted by Gasteiger charge is -2.32. The molecule has 1 amide bonds. The average Bonchev–Trinajstić information content (AvgIpc) is 3.19. The zero-order valence-corrected chi connectivity index (χ0v) is 23.4. The maximum atomic E-state index is 14.5. The van der Waals surface area contributed by atoms with Gasteiger partial charge in [0.05, 0.1) is 25.0 Å². The molecule has 7 nitrogen and oxygen atoms in total. The van der Waals surface area contributed by atoms with Gasteiger partial charge in [0.2, 0.25) is 0 Å². The molecule has 0 heterocycles. The summed E-state index contributed by atoms with van der Waals surface area (Å²) in [7, 11) is -3.89. The number of nitrogens with one attached hydrogen (secondary N) is 1. The third-order valence-corrected chi connectivity index (χ3v) is 8.28. The van der Waals surface area contributed by atoms with Crippen LogP contribution in [0, 0.1) is 0 Å². The number of amides is 1. The first kappa shape index (κ1) is 27.8. The number of ether oxygens (including phenoxy) is 1. The van der Waals surface area contributed by atoms with Gasteiger partial charge in [-0.25, -0.2) is 4.79 Å². The van der Waals surface area contributed by atoms with Gasteiger partial charge < -0.3 is 19.1 Å². The molecule has 2 atom stereocenters. The zero-order valence-electron chi connectivity index (χ0n) is 22.5. The molecule has 0 saturated carbocycles. The van der Waals surface area contributed by atoms with Crippen LogP contribution < -0.4 is 5.32 Å². The van der Waals surface area contributed by atoms with Crippen molar-refractivity contribution in [3.63, 3.8) is 0 Å². The fourth-order valence-corrected chi connectivity index (χ4v) is 6.54. The van der Waals surface area contributed by atoms with Crippen LogP contribution in [0.2, 0.25) is 0 Å². The van der Waals surface area contributed by atoms with E-state index in [2.05, 4.69) is 5.32 Å². The Morgan fingerprint density at radius 3 is 1.76 bits per heavy atom. The van der Waals surface area contributed by atoms with Crippen LogP contribution in [0.4, 0.5) is 4.79 Å². The van der Waals surface area contributed by atoms with Crippen LogP contribution in [-0.4, -0.2) is 36.4 Å². The first-order chi connectivity index (χ1) is 18.2. The van der Waals surface area contributed by atoms with Gasteiger partial charge >= 0.3 is 13.7 Å². The Labute approximate surface area is 224 Å². The molecule has 38 heavy (non-hydrogen) atoms. The van der Waals surface area contributed by atoms with Gasteiger partial charge in [-0.15, -0.1) is 0 Å². The molecule has 0 radical (unpaired) electrons. The second-order valence-corrected chi connectivity index (χ2v) is 12.0. The normalized spacial score (nSPS) is 14.3. The van der Waals surface area contributed by atoms with Gasteiger partial charge in [0.25, 0.3) is 0 Å². The second kappa shape index (κ2) is 11.6. The molecular weight excluding hydrogens is 499 g/mol. The van der Waals surface area contributed by atoms with E-state index in [0.29, 0.717) is 11.3 Å². The third kappa shape index (κ3) is 6.07. The summed E-state index contributed by atoms with van der Waals surface area (Å²) in [5.41, 5.74) is 4.57. The lowest BCUT2D eigenvalue weighted by Crippen LogP contribution is -2.40. The number of carbonyl (C=O) groups is 1. The van der Waals surface area contributed by atoms with E-state index in [1.165, 1.54) is 0 Å². The number of nitrogens with zero attached hydrogens (tertiary/aromatic N) is 1. The van der Waals surface area contributed by atoms with Crippen LogP contribution in [0.1, 0.15) is 57.4 Å². The van der Waals surface area contributed by atoms with Crippen molar-refractivity contribution < 1.29 is 23.1 Å². The standard InChI is InChI=1S/C30H35N2O5P/c1-6-35-38(34,36-7-2)28(26(21-15-9-8-10-16-21)32-29(33)37-30(3,4)5)31-27-24-19-13-11-17-22(24)23-18-12-14-20-25(23)27/h8-20,26,28H,6-7H2,1-5H3,(H,32,33)/t26-,28-/m1/s1. The summed E-state index contributed by atoms with van der Waals surface area (Å²) in [6.45, 7) is 9.20. The van der Waals surface area contributed by atoms with Crippen LogP contribution in [0.3, 0.4) is 0 Å². The van der Waals surface area contributed by atoms with Gasteiger partial charge in [-0.1, -0.05) is 78.9 Å². The van der Waals surface area contributed by atoms with Gasteiger partial charge in [0.1, 0.15) is 5.60 Å². The van der Waals surface area contributed by atoms with Crippen molar-refractivity contribution in [1.82, 2.24) is 5.32 Å². The minimum Gasteiger partial charge on any atom is -0.444 e. The number of fused-ring (bicyclic) bond motifs is 3. The molecule has 1 N–H and O–H groups in total. The monoisotopic (exact) mass is 534 g/mol. The molecule has 4 rings (SSSR count). The van der Waals surface area contributed by atoms with E-state index in [-0.39, 0.29) is 13.2 Å². The molecule has 0 aliphatic heterocycles. The smallest absolute Gasteiger partial charge is 0.408 e. The second-order valence-electron chi connectivity index (χ2n) is 9.89. The first-order valence-corrected chi connectivity index (χ1v) is 14.5. The SMILES string of the molecule is CCOP(=O)(OCC)[C@@H](N=C1c2ccccc2-c2ccccc21)[C@H](NC(=O)OC(C)(C)C)c1ccccc1. The number of alkyl carbamates (subject to hydrolysis) is 1. The summed E-state index contributed by atoms with van der Waals surface area (Å²) in [6.07, 6.45) is -0.650. The summed E-state index contributed by atoms with van der Waals surface area (Å²) in [6, 6.07) is 24.4. The maximum absolute atomic E-state index is 14.5. The first-order valence-electron chi connectivity index (χ1n) is 12.9. The zero-order chi connectivity index (χ0) is 27.3. The highest BCUT2D eigenvalue weighted by Crippen LogP contribution is 2.58. The molecule has 1 aliphatic carbocycles. The van der Waals surface area contributed by atoms with E-state index in [1.807, 2.05) is 78.9 Å². The third-order valence-electron chi connectivity index (χ3n) is 5.99. The fourth-order valence-electron chi connectivity index (χ4n) is 4.57. The molecule has 0 bridgehead atoms. The molecule has 0 fully saturated rings. The Morgan fingerprint density at radius 1 is 0.816 bits per heavy atom. The van der Waals surface area contributed by atoms with E-state index >= 15 is 0 Å². The lowest BCUT2D eigenvalue weighted by molar-refractivity contribution is 0.0500. The fraction of sp³-hybridized carbons (Fsp3) is 0.333. The van der Waals surface area contributed by atoms with Crippen LogP contribution in [-0.2, 0) is 18.3 Å². The predicted molar refractivity (Wildman–Crippen MR) is 151 cm³/mol. The quantitative estimate of drug-likeness (QED) is 0.227. The molecule has 0 unspecified atom stereocenters. The molecular formula is C30H35N2O5P. The van der Waals surface area contributed by atoms with E-state index in [1.54, 1.807) is 34.6 Å². The van der Waals surface area contributed by atoms with Gasteiger partial charge in [-0.3, -0.25) is 9.56 Å². The van der Waals surface area contributed by atoms with E-state index in [0.717, 1.165) is 22.3 Å². The van der Waals surface area contributed by atoms with E-state index in [9.17, 15) is 9.36 Å².